The van der Waals surface area contributed by atoms with Gasteiger partial charge in [0.05, 0.1) is 32.8 Å². The fourth-order valence-electron chi connectivity index (χ4n) is 10.1. The molecule has 620 valence electrons. The van der Waals surface area contributed by atoms with Gasteiger partial charge in [0.2, 0.25) is 0 Å². The first-order valence-corrected chi connectivity index (χ1v) is 44.3. The van der Waals surface area contributed by atoms with Crippen molar-refractivity contribution in [2.75, 3.05) is 39.6 Å². The zero-order chi connectivity index (χ0) is 80.3. The third kappa shape index (κ3) is 79.7. The number of ether oxygens (including phenoxy) is 4. The molecule has 5 unspecified atom stereocenters. The number of phosphoric acid groups is 2. The van der Waals surface area contributed by atoms with Gasteiger partial charge in [0.1, 0.15) is 19.3 Å². The highest BCUT2D eigenvalue weighted by Gasteiger charge is 2.30. The Morgan fingerprint density at radius 1 is 0.273 bits per heavy atom. The Kier molecular flexibility index (Phi) is 76.0. The van der Waals surface area contributed by atoms with Gasteiger partial charge in [-0.25, -0.2) is 9.13 Å². The van der Waals surface area contributed by atoms with Gasteiger partial charge in [0.25, 0.3) is 0 Å². The van der Waals surface area contributed by atoms with Crippen LogP contribution >= 0.6 is 15.6 Å². The largest absolute Gasteiger partial charge is 0.472 e. The maximum Gasteiger partial charge on any atom is 0.472 e. The first-order valence-electron chi connectivity index (χ1n) is 41.3. The Hall–Kier alpha value is -6.36. The smallest absolute Gasteiger partial charge is 0.462 e. The first-order chi connectivity index (χ1) is 53.7. The van der Waals surface area contributed by atoms with Crippen molar-refractivity contribution in [3.63, 3.8) is 0 Å². The predicted molar refractivity (Wildman–Crippen MR) is 454 cm³/mol. The van der Waals surface area contributed by atoms with E-state index < -0.39 is 97.5 Å². The molecule has 0 aromatic carbocycles. The van der Waals surface area contributed by atoms with E-state index in [2.05, 4.69) is 192 Å². The van der Waals surface area contributed by atoms with Crippen molar-refractivity contribution >= 4 is 39.5 Å². The van der Waals surface area contributed by atoms with Crippen molar-refractivity contribution in [2.24, 2.45) is 0 Å². The van der Waals surface area contributed by atoms with E-state index in [0.29, 0.717) is 32.1 Å². The first kappa shape index (κ1) is 104. The topological polar surface area (TPSA) is 237 Å². The van der Waals surface area contributed by atoms with E-state index in [-0.39, 0.29) is 25.7 Å². The zero-order valence-electron chi connectivity index (χ0n) is 67.8. The molecule has 3 N–H and O–H groups in total. The lowest BCUT2D eigenvalue weighted by atomic mass is 10.1. The van der Waals surface area contributed by atoms with Crippen molar-refractivity contribution in [3.8, 4) is 0 Å². The van der Waals surface area contributed by atoms with Gasteiger partial charge in [-0.1, -0.05) is 305 Å². The van der Waals surface area contributed by atoms with Crippen molar-refractivity contribution in [2.45, 2.75) is 303 Å². The second-order valence-electron chi connectivity index (χ2n) is 26.6. The summed E-state index contributed by atoms with van der Waals surface area (Å²) in [6.45, 7) is 4.26. The number of aliphatic hydroxyl groups is 1. The van der Waals surface area contributed by atoms with Gasteiger partial charge in [0.15, 0.2) is 12.2 Å². The average molecular weight is 1570 g/mol. The van der Waals surface area contributed by atoms with Crippen LogP contribution in [0.3, 0.4) is 0 Å². The van der Waals surface area contributed by atoms with Crippen molar-refractivity contribution in [3.05, 3.63) is 207 Å². The molecule has 5 atom stereocenters. The average Bonchev–Trinajstić information content (AvgIpc) is 0.899. The monoisotopic (exact) mass is 1570 g/mol. The molecule has 0 aromatic rings. The Balaban J connectivity index is 5.54. The summed E-state index contributed by atoms with van der Waals surface area (Å²) in [6, 6.07) is 0. The molecule has 0 saturated heterocycles. The molecule has 0 spiro atoms. The van der Waals surface area contributed by atoms with Gasteiger partial charge in [-0.15, -0.1) is 0 Å². The molecule has 0 bridgehead atoms. The Labute approximate surface area is 665 Å². The van der Waals surface area contributed by atoms with Gasteiger partial charge in [-0.2, -0.15) is 0 Å². The van der Waals surface area contributed by atoms with E-state index in [1.165, 1.54) is 19.3 Å². The number of carbonyl (C=O) groups excluding carboxylic acids is 4. The molecule has 0 fully saturated rings. The Bertz CT molecular complexity index is 2900. The highest BCUT2D eigenvalue weighted by Crippen LogP contribution is 2.45. The van der Waals surface area contributed by atoms with Gasteiger partial charge >= 0.3 is 39.5 Å². The van der Waals surface area contributed by atoms with E-state index >= 15 is 0 Å². The molecule has 0 amide bonds. The number of allylic oxidation sites excluding steroid dienone is 33. The quantitative estimate of drug-likeness (QED) is 0.0169. The van der Waals surface area contributed by atoms with Crippen LogP contribution in [0.15, 0.2) is 207 Å². The molecule has 0 aliphatic rings. The van der Waals surface area contributed by atoms with Crippen LogP contribution in [0.1, 0.15) is 285 Å². The van der Waals surface area contributed by atoms with Crippen LogP contribution in [-0.2, 0) is 65.4 Å². The van der Waals surface area contributed by atoms with Crippen molar-refractivity contribution < 1.29 is 80.2 Å². The Morgan fingerprint density at radius 2 is 0.527 bits per heavy atom. The predicted octanol–water partition coefficient (Wildman–Crippen LogP) is 24.7. The summed E-state index contributed by atoms with van der Waals surface area (Å²) in [7, 11) is -10.0. The highest BCUT2D eigenvalue weighted by atomic mass is 31.2. The molecule has 0 heterocycles. The van der Waals surface area contributed by atoms with Crippen LogP contribution < -0.4 is 0 Å². The molecule has 0 aromatic heterocycles. The Morgan fingerprint density at radius 3 is 0.864 bits per heavy atom. The lowest BCUT2D eigenvalue weighted by Gasteiger charge is -2.21. The second kappa shape index (κ2) is 80.7. The standard InChI is InChI=1S/C91H144O17P2/c1-5-9-13-17-21-25-29-33-37-40-42-45-48-51-55-59-63-67-71-75-88(93)101-81-86(107-90(95)77-73-69-65-61-57-53-47-36-32-28-24-20-16-12-8-4)83-105-109(97,98)103-79-85(92)80-104-110(99,100)106-84-87(108-91(96)78-74-70-66-62-58-54-50-44-39-35-31-27-23-19-15-11-7-3)82-102-89(94)76-72-68-64-60-56-52-49-46-43-41-38-34-30-26-22-18-14-10-6-2/h9,11-13,15-16,21-28,33-39,42-43,45-47,51,55,57,61,63,67,69,73,85-87,92H,5-8,10,14,17-20,29-32,40-41,44,48-50,52-54,56,58-60,62,64-66,68,70-72,74-84H2,1-4H3,(H,97,98)(H,99,100)/b13-9-,15-11-,16-12-,25-21-,26-22-,27-23-,28-24-,37-33-,38-34-,39-35-,45-42-,46-43-,47-36-,55-51-,61-57-,67-63-,73-69-. The van der Waals surface area contributed by atoms with Crippen LogP contribution in [0.5, 0.6) is 0 Å². The molecule has 110 heavy (non-hydrogen) atoms. The van der Waals surface area contributed by atoms with E-state index in [1.807, 2.05) is 30.4 Å². The normalized spacial score (nSPS) is 14.9. The van der Waals surface area contributed by atoms with Gasteiger partial charge < -0.3 is 33.8 Å². The lowest BCUT2D eigenvalue weighted by molar-refractivity contribution is -0.161. The maximum atomic E-state index is 13.1. The third-order valence-corrected chi connectivity index (χ3v) is 18.2. The van der Waals surface area contributed by atoms with E-state index in [4.69, 9.17) is 37.0 Å². The lowest BCUT2D eigenvalue weighted by Crippen LogP contribution is -2.30. The zero-order valence-corrected chi connectivity index (χ0v) is 69.6. The molecule has 17 nitrogen and oxygen atoms in total. The minimum atomic E-state index is -5.03. The van der Waals surface area contributed by atoms with Crippen LogP contribution in [-0.4, -0.2) is 96.7 Å². The number of esters is 4. The fraction of sp³-hybridized carbons (Fsp3) is 0.582. The number of hydrogen-bond donors (Lipinski definition) is 3. The molecule has 0 aliphatic heterocycles. The minimum Gasteiger partial charge on any atom is -0.462 e. The van der Waals surface area contributed by atoms with Crippen LogP contribution in [0.25, 0.3) is 0 Å². The van der Waals surface area contributed by atoms with Gasteiger partial charge in [0, 0.05) is 19.3 Å². The summed E-state index contributed by atoms with van der Waals surface area (Å²) in [5.41, 5.74) is 0. The molecule has 0 rings (SSSR count). The number of phosphoric ester groups is 2. The number of unbranched alkanes of at least 4 members (excludes halogenated alkanes) is 16. The van der Waals surface area contributed by atoms with Gasteiger partial charge in [-0.3, -0.25) is 37.3 Å². The summed E-state index contributed by atoms with van der Waals surface area (Å²) in [5.74, 6) is -2.47. The van der Waals surface area contributed by atoms with E-state index in [0.717, 1.165) is 180 Å². The van der Waals surface area contributed by atoms with Gasteiger partial charge in [-0.05, 0) is 161 Å². The number of aliphatic hydroxyl groups excluding tert-OH is 1. The van der Waals surface area contributed by atoms with E-state index in [9.17, 15) is 43.2 Å². The summed E-state index contributed by atoms with van der Waals surface area (Å²) >= 11 is 0. The SMILES string of the molecule is CC/C=C\C/C=C\C/C=C\C/C=C\C/C=C\C/C=C\CCC(=O)OCC(COP(=O)(O)OCC(O)COP(=O)(O)OCC(COC(=O)CCCCCCCC/C=C\C/C=C\C/C=C\CCCCC)OC(=O)CCCCCCCCC/C=C\C/C=C\C/C=C\CC)OC(=O)C/C=C\C/C=C\C/C=C\C/C=C\C/C=C\CC. The van der Waals surface area contributed by atoms with Crippen molar-refractivity contribution in [1.29, 1.82) is 0 Å². The van der Waals surface area contributed by atoms with Crippen LogP contribution in [0.2, 0.25) is 0 Å². The van der Waals surface area contributed by atoms with Crippen LogP contribution in [0.4, 0.5) is 0 Å². The molecule has 0 saturated carbocycles. The molecule has 0 radical (unpaired) electrons. The summed E-state index contributed by atoms with van der Waals surface area (Å²) < 4.78 is 68.5. The third-order valence-electron chi connectivity index (χ3n) is 16.3. The number of rotatable bonds is 75. The van der Waals surface area contributed by atoms with E-state index in [1.54, 1.807) is 12.2 Å². The summed E-state index contributed by atoms with van der Waals surface area (Å²) in [4.78, 5) is 73.1. The highest BCUT2D eigenvalue weighted by molar-refractivity contribution is 7.47. The van der Waals surface area contributed by atoms with Crippen molar-refractivity contribution in [1.82, 2.24) is 0 Å². The molecule has 0 aliphatic carbocycles. The number of hydrogen-bond acceptors (Lipinski definition) is 15. The number of carbonyl (C=O) groups is 4. The summed E-state index contributed by atoms with van der Waals surface area (Å²) in [6.07, 6.45) is 101. The second-order valence-corrected chi connectivity index (χ2v) is 29.5. The summed E-state index contributed by atoms with van der Waals surface area (Å²) in [5, 5.41) is 10.7. The van der Waals surface area contributed by atoms with Crippen LogP contribution in [0, 0.1) is 0 Å². The minimum absolute atomic E-state index is 0.00802. The molecule has 19 heteroatoms. The molecular formula is C91H144O17P2. The maximum absolute atomic E-state index is 13.1. The molecular weight excluding hydrogens is 1430 g/mol. The fourth-order valence-corrected chi connectivity index (χ4v) is 11.7.